The second-order valence-electron chi connectivity index (χ2n) is 15.3. The van der Waals surface area contributed by atoms with E-state index in [2.05, 4.69) is 228 Å². The molecule has 2 heteroatoms. The molecule has 0 spiro atoms. The summed E-state index contributed by atoms with van der Waals surface area (Å²) in [5.74, 6) is 0. The number of hydrogen-bond acceptors (Lipinski definition) is 2. The third-order valence-electron chi connectivity index (χ3n) is 12.1. The first kappa shape index (κ1) is 32.6. The summed E-state index contributed by atoms with van der Waals surface area (Å²) in [6.07, 6.45) is 0. The molecular formula is C56H36N2. The Morgan fingerprint density at radius 1 is 0.207 bits per heavy atom. The zero-order chi connectivity index (χ0) is 38.2. The molecule has 0 heterocycles. The van der Waals surface area contributed by atoms with Gasteiger partial charge in [-0.25, -0.2) is 0 Å². The molecule has 10 aromatic carbocycles. The number of para-hydroxylation sites is 4. The van der Waals surface area contributed by atoms with Crippen molar-refractivity contribution in [2.75, 3.05) is 9.80 Å². The molecule has 0 amide bonds. The zero-order valence-corrected chi connectivity index (χ0v) is 31.7. The Hall–Kier alpha value is -7.68. The van der Waals surface area contributed by atoms with E-state index in [1.807, 2.05) is 0 Å². The van der Waals surface area contributed by atoms with Crippen LogP contribution in [0.5, 0.6) is 0 Å². The van der Waals surface area contributed by atoms with E-state index in [-0.39, 0.29) is 0 Å². The van der Waals surface area contributed by atoms with Gasteiger partial charge in [-0.05, 0) is 127 Å². The van der Waals surface area contributed by atoms with E-state index in [4.69, 9.17) is 0 Å². The summed E-state index contributed by atoms with van der Waals surface area (Å²) in [4.78, 5) is 4.85. The van der Waals surface area contributed by atoms with Gasteiger partial charge in [-0.3, -0.25) is 0 Å². The molecule has 2 nitrogen and oxygen atoms in total. The number of benzene rings is 10. The lowest BCUT2D eigenvalue weighted by atomic mass is 9.97. The molecule has 270 valence electrons. The Morgan fingerprint density at radius 2 is 0.552 bits per heavy atom. The van der Waals surface area contributed by atoms with Crippen molar-refractivity contribution in [1.82, 2.24) is 0 Å². The number of fused-ring (bicyclic) bond motifs is 6. The summed E-state index contributed by atoms with van der Waals surface area (Å²) in [5, 5.41) is 5.24. The van der Waals surface area contributed by atoms with Gasteiger partial charge in [0.25, 0.3) is 0 Å². The maximum Gasteiger partial charge on any atom is 0.0540 e. The fourth-order valence-corrected chi connectivity index (χ4v) is 9.64. The fourth-order valence-electron chi connectivity index (χ4n) is 9.64. The Morgan fingerprint density at radius 3 is 0.966 bits per heavy atom. The monoisotopic (exact) mass is 736 g/mol. The van der Waals surface area contributed by atoms with Gasteiger partial charge in [0.05, 0.1) is 11.4 Å². The minimum atomic E-state index is 1.10. The second kappa shape index (κ2) is 12.9. The predicted octanol–water partition coefficient (Wildman–Crippen LogP) is 15.9. The van der Waals surface area contributed by atoms with Gasteiger partial charge in [0.15, 0.2) is 0 Å². The maximum absolute atomic E-state index is 2.43. The molecule has 0 saturated carbocycles. The lowest BCUT2D eigenvalue weighted by molar-refractivity contribution is 1.27. The van der Waals surface area contributed by atoms with Gasteiger partial charge in [-0.2, -0.15) is 0 Å². The highest BCUT2D eigenvalue weighted by Crippen LogP contribution is 2.53. The highest BCUT2D eigenvalue weighted by atomic mass is 15.2. The molecule has 0 fully saturated rings. The van der Waals surface area contributed by atoms with E-state index in [1.165, 1.54) is 66.1 Å². The molecule has 2 aliphatic carbocycles. The smallest absolute Gasteiger partial charge is 0.0540 e. The molecule has 2 aliphatic rings. The average Bonchev–Trinajstić information content (AvgIpc) is 3.79. The van der Waals surface area contributed by atoms with Crippen molar-refractivity contribution in [2.24, 2.45) is 0 Å². The summed E-state index contributed by atoms with van der Waals surface area (Å²) in [6, 6.07) is 80.0. The summed E-state index contributed by atoms with van der Waals surface area (Å²) < 4.78 is 0. The molecule has 0 N–H and O–H groups in total. The molecule has 0 bridgehead atoms. The Bertz CT molecular complexity index is 3010. The van der Waals surface area contributed by atoms with Crippen LogP contribution in [-0.2, 0) is 0 Å². The van der Waals surface area contributed by atoms with Crippen LogP contribution >= 0.6 is 0 Å². The highest BCUT2D eigenvalue weighted by Gasteiger charge is 2.27. The number of anilines is 6. The zero-order valence-electron chi connectivity index (χ0n) is 31.7. The lowest BCUT2D eigenvalue weighted by Crippen LogP contribution is -2.13. The summed E-state index contributed by atoms with van der Waals surface area (Å²) in [6.45, 7) is 0. The first-order valence-electron chi connectivity index (χ1n) is 20.0. The summed E-state index contributed by atoms with van der Waals surface area (Å²) in [7, 11) is 0. The fraction of sp³-hybridized carbons (Fsp3) is 0. The molecule has 0 unspecified atom stereocenters. The minimum absolute atomic E-state index is 1.10. The van der Waals surface area contributed by atoms with Crippen LogP contribution in [0.4, 0.5) is 34.1 Å². The summed E-state index contributed by atoms with van der Waals surface area (Å²) >= 11 is 0. The molecule has 0 aliphatic heterocycles. The molecule has 0 saturated heterocycles. The third kappa shape index (κ3) is 4.92. The van der Waals surface area contributed by atoms with Crippen LogP contribution in [0.25, 0.3) is 77.2 Å². The molecular weight excluding hydrogens is 701 g/mol. The van der Waals surface area contributed by atoms with E-state index in [1.54, 1.807) is 0 Å². The Kier molecular flexibility index (Phi) is 7.26. The standard InChI is InChI=1S/C56H36N2/c1-3-19-39(20-4-1)57(41-31-33-43-47-25-11-15-37-17-13-27-49(55(37)47)51(43)35-41)53-29-9-7-23-45(53)46-24-8-10-30-54(46)58(40-21-5-2-6-22-40)42-32-34-44-48-26-12-16-38-18-14-28-50(56(38)48)52(44)36-42/h1-36H. The molecule has 12 rings (SSSR count). The van der Waals surface area contributed by atoms with E-state index in [0.29, 0.717) is 0 Å². The van der Waals surface area contributed by atoms with Gasteiger partial charge in [0.1, 0.15) is 0 Å². The van der Waals surface area contributed by atoms with Crippen molar-refractivity contribution in [3.63, 3.8) is 0 Å². The van der Waals surface area contributed by atoms with E-state index in [9.17, 15) is 0 Å². The van der Waals surface area contributed by atoms with E-state index >= 15 is 0 Å². The minimum Gasteiger partial charge on any atom is -0.310 e. The van der Waals surface area contributed by atoms with Gasteiger partial charge in [0, 0.05) is 33.9 Å². The third-order valence-corrected chi connectivity index (χ3v) is 12.1. The van der Waals surface area contributed by atoms with Crippen LogP contribution in [-0.4, -0.2) is 0 Å². The molecule has 58 heavy (non-hydrogen) atoms. The van der Waals surface area contributed by atoms with Crippen molar-refractivity contribution in [3.05, 3.63) is 218 Å². The predicted molar refractivity (Wildman–Crippen MR) is 245 cm³/mol. The van der Waals surface area contributed by atoms with Crippen LogP contribution < -0.4 is 9.80 Å². The quantitative estimate of drug-likeness (QED) is 0.161. The van der Waals surface area contributed by atoms with Gasteiger partial charge in [-0.1, -0.05) is 158 Å². The van der Waals surface area contributed by atoms with Crippen LogP contribution in [0.2, 0.25) is 0 Å². The second-order valence-corrected chi connectivity index (χ2v) is 15.3. The van der Waals surface area contributed by atoms with E-state index in [0.717, 1.165) is 45.3 Å². The van der Waals surface area contributed by atoms with Gasteiger partial charge < -0.3 is 9.80 Å². The van der Waals surface area contributed by atoms with E-state index < -0.39 is 0 Å². The number of hydrogen-bond donors (Lipinski definition) is 0. The topological polar surface area (TPSA) is 6.48 Å². The Balaban J connectivity index is 1.04. The Labute approximate surface area is 338 Å². The van der Waals surface area contributed by atoms with Gasteiger partial charge in [-0.15, -0.1) is 0 Å². The van der Waals surface area contributed by atoms with Crippen LogP contribution in [0.15, 0.2) is 218 Å². The SMILES string of the molecule is c1ccc(N(c2ccc3c(c2)-c2cccc4cccc-3c24)c2ccccc2-c2ccccc2N(c2ccccc2)c2ccc3c(c2)-c2cccc4cccc-3c24)cc1. The van der Waals surface area contributed by atoms with Crippen LogP contribution in [0, 0.1) is 0 Å². The maximum atomic E-state index is 2.43. The van der Waals surface area contributed by atoms with Crippen molar-refractivity contribution < 1.29 is 0 Å². The van der Waals surface area contributed by atoms with Gasteiger partial charge >= 0.3 is 0 Å². The normalized spacial score (nSPS) is 11.8. The first-order valence-corrected chi connectivity index (χ1v) is 20.0. The molecule has 10 aromatic rings. The largest absolute Gasteiger partial charge is 0.310 e. The average molecular weight is 737 g/mol. The molecule has 0 aromatic heterocycles. The lowest BCUT2D eigenvalue weighted by Gasteiger charge is -2.31. The van der Waals surface area contributed by atoms with Crippen molar-refractivity contribution in [2.45, 2.75) is 0 Å². The molecule has 0 atom stereocenters. The first-order chi connectivity index (χ1) is 28.8. The van der Waals surface area contributed by atoms with Crippen LogP contribution in [0.1, 0.15) is 0 Å². The van der Waals surface area contributed by atoms with Crippen molar-refractivity contribution in [3.8, 4) is 55.6 Å². The highest BCUT2D eigenvalue weighted by molar-refractivity contribution is 6.17. The van der Waals surface area contributed by atoms with Crippen molar-refractivity contribution >= 4 is 55.7 Å². The summed E-state index contributed by atoms with van der Waals surface area (Å²) in [5.41, 5.74) is 19.3. The van der Waals surface area contributed by atoms with Gasteiger partial charge in [0.2, 0.25) is 0 Å². The van der Waals surface area contributed by atoms with Crippen LogP contribution in [0.3, 0.4) is 0 Å². The number of nitrogens with zero attached hydrogens (tertiary/aromatic N) is 2. The van der Waals surface area contributed by atoms with Crippen molar-refractivity contribution in [1.29, 1.82) is 0 Å². The molecule has 0 radical (unpaired) electrons. The number of rotatable bonds is 7.